The number of benzene rings is 1. The predicted molar refractivity (Wildman–Crippen MR) is 39.0 cm³/mol. The van der Waals surface area contributed by atoms with Crippen LogP contribution in [-0.4, -0.2) is 0 Å². The minimum atomic E-state index is 0.0509. The first-order valence-corrected chi connectivity index (χ1v) is 3.43. The third-order valence-electron chi connectivity index (χ3n) is 1.16. The molecule has 0 unspecified atom stereocenters. The molecule has 1 aromatic carbocycles. The van der Waals surface area contributed by atoms with Crippen molar-refractivity contribution in [1.29, 1.82) is 0 Å². The second-order valence-electron chi connectivity index (χ2n) is 1.89. The van der Waals surface area contributed by atoms with Crippen LogP contribution in [0.15, 0.2) is 22.7 Å². The van der Waals surface area contributed by atoms with Gasteiger partial charge in [-0.25, -0.2) is 0 Å². The predicted octanol–water partition coefficient (Wildman–Crippen LogP) is 2.90. The van der Waals surface area contributed by atoms with Gasteiger partial charge < -0.3 is 0 Å². The van der Waals surface area contributed by atoms with Gasteiger partial charge in [-0.1, -0.05) is 12.1 Å². The Kier molecular flexibility index (Phi) is 1.76. The fourth-order valence-corrected chi connectivity index (χ4v) is 0.885. The molecule has 9 heavy (non-hydrogen) atoms. The summed E-state index contributed by atoms with van der Waals surface area (Å²) >= 11 is 3.17. The van der Waals surface area contributed by atoms with Gasteiger partial charge in [0.2, 0.25) is 0 Å². The van der Waals surface area contributed by atoms with Crippen LogP contribution in [0.25, 0.3) is 0 Å². The number of halogens is 1. The first-order chi connectivity index (χ1) is 4.22. The average molecular weight is 186 g/mol. The molecule has 1 nitrogen and oxygen atoms in total. The molecule has 0 aliphatic heterocycles. The summed E-state index contributed by atoms with van der Waals surface area (Å²) in [5.41, 5.74) is 0.988. The van der Waals surface area contributed by atoms with Crippen LogP contribution < -0.4 is 0 Å². The van der Waals surface area contributed by atoms with E-state index in [2.05, 4.69) is 15.9 Å². The van der Waals surface area contributed by atoms with Gasteiger partial charge in [0.25, 0.3) is 0 Å². The molecule has 2 heteroatoms. The zero-order valence-electron chi connectivity index (χ0n) is 5.02. The van der Waals surface area contributed by atoms with Gasteiger partial charge in [-0.3, -0.25) is 5.11 Å². The largest absolute Gasteiger partial charge is 0.289 e. The fraction of sp³-hybridized carbons (Fsp3) is 0.143. The van der Waals surface area contributed by atoms with Crippen LogP contribution in [0.3, 0.4) is 0 Å². The molecular formula is C7H6BrO. The highest BCUT2D eigenvalue weighted by Crippen LogP contribution is 2.26. The maximum absolute atomic E-state index is 10.8. The van der Waals surface area contributed by atoms with Crippen molar-refractivity contribution in [3.63, 3.8) is 0 Å². The SMILES string of the molecule is Cc1cccc([O])c1Br. The highest BCUT2D eigenvalue weighted by molar-refractivity contribution is 9.10. The molecule has 0 aliphatic carbocycles. The summed E-state index contributed by atoms with van der Waals surface area (Å²) in [5, 5.41) is 10.8. The van der Waals surface area contributed by atoms with Crippen LogP contribution in [0.5, 0.6) is 5.75 Å². The van der Waals surface area contributed by atoms with Crippen molar-refractivity contribution < 1.29 is 5.11 Å². The minimum absolute atomic E-state index is 0.0509. The van der Waals surface area contributed by atoms with E-state index in [1.807, 2.05) is 13.0 Å². The normalized spacial score (nSPS) is 9.56. The molecule has 47 valence electrons. The molecule has 0 fully saturated rings. The Balaban J connectivity index is 3.25. The van der Waals surface area contributed by atoms with Gasteiger partial charge in [0.05, 0.1) is 4.47 Å². The van der Waals surface area contributed by atoms with Crippen LogP contribution >= 0.6 is 15.9 Å². The Morgan fingerprint density at radius 3 is 2.56 bits per heavy atom. The Hall–Kier alpha value is -0.500. The number of rotatable bonds is 0. The van der Waals surface area contributed by atoms with Gasteiger partial charge >= 0.3 is 0 Å². The molecule has 0 N–H and O–H groups in total. The van der Waals surface area contributed by atoms with Crippen LogP contribution in [0, 0.1) is 6.92 Å². The van der Waals surface area contributed by atoms with Gasteiger partial charge in [-0.15, -0.1) is 0 Å². The van der Waals surface area contributed by atoms with E-state index >= 15 is 0 Å². The lowest BCUT2D eigenvalue weighted by molar-refractivity contribution is 0.352. The van der Waals surface area contributed by atoms with Gasteiger partial charge in [0.1, 0.15) is 0 Å². The highest BCUT2D eigenvalue weighted by atomic mass is 79.9. The lowest BCUT2D eigenvalue weighted by Crippen LogP contribution is -1.72. The summed E-state index contributed by atoms with van der Waals surface area (Å²) < 4.78 is 0.671. The fourth-order valence-electron chi connectivity index (χ4n) is 0.621. The molecule has 1 radical (unpaired) electrons. The summed E-state index contributed by atoms with van der Waals surface area (Å²) in [4.78, 5) is 0. The second kappa shape index (κ2) is 2.40. The Morgan fingerprint density at radius 2 is 2.11 bits per heavy atom. The molecule has 1 rings (SSSR count). The van der Waals surface area contributed by atoms with Crippen LogP contribution in [0.2, 0.25) is 0 Å². The summed E-state index contributed by atoms with van der Waals surface area (Å²) in [7, 11) is 0. The minimum Gasteiger partial charge on any atom is -0.289 e. The maximum atomic E-state index is 10.8. The highest BCUT2D eigenvalue weighted by Gasteiger charge is 1.99. The molecule has 0 amide bonds. The van der Waals surface area contributed by atoms with E-state index in [1.165, 1.54) is 6.07 Å². The van der Waals surface area contributed by atoms with Crippen molar-refractivity contribution in [2.75, 3.05) is 0 Å². The van der Waals surface area contributed by atoms with Crippen molar-refractivity contribution >= 4 is 15.9 Å². The molecule has 0 saturated heterocycles. The monoisotopic (exact) mass is 185 g/mol. The molecule has 0 aromatic heterocycles. The maximum Gasteiger partial charge on any atom is 0.193 e. The van der Waals surface area contributed by atoms with E-state index in [9.17, 15) is 5.11 Å². The Morgan fingerprint density at radius 1 is 1.44 bits per heavy atom. The molecular weight excluding hydrogens is 180 g/mol. The molecule has 0 heterocycles. The summed E-state index contributed by atoms with van der Waals surface area (Å²) in [6.07, 6.45) is 0. The number of aryl methyl sites for hydroxylation is 1. The molecule has 0 aliphatic rings. The van der Waals surface area contributed by atoms with Gasteiger partial charge in [0.15, 0.2) is 5.75 Å². The quantitative estimate of drug-likeness (QED) is 0.593. The Labute approximate surface area is 62.5 Å². The van der Waals surface area contributed by atoms with Crippen molar-refractivity contribution in [1.82, 2.24) is 0 Å². The van der Waals surface area contributed by atoms with Gasteiger partial charge in [-0.05, 0) is 34.5 Å². The van der Waals surface area contributed by atoms with Crippen LogP contribution in [0.4, 0.5) is 0 Å². The molecule has 0 spiro atoms. The van der Waals surface area contributed by atoms with E-state index < -0.39 is 0 Å². The first kappa shape index (κ1) is 6.62. The van der Waals surface area contributed by atoms with Crippen molar-refractivity contribution in [3.8, 4) is 5.75 Å². The van der Waals surface area contributed by atoms with Crippen molar-refractivity contribution in [2.24, 2.45) is 0 Å². The topological polar surface area (TPSA) is 19.9 Å². The molecule has 0 atom stereocenters. The van der Waals surface area contributed by atoms with E-state index in [-0.39, 0.29) is 5.75 Å². The number of hydrogen-bond donors (Lipinski definition) is 0. The second-order valence-corrected chi connectivity index (χ2v) is 2.68. The van der Waals surface area contributed by atoms with Crippen LogP contribution in [-0.2, 0) is 5.11 Å². The van der Waals surface area contributed by atoms with Crippen molar-refractivity contribution in [2.45, 2.75) is 6.92 Å². The van der Waals surface area contributed by atoms with Crippen LogP contribution in [0.1, 0.15) is 5.56 Å². The molecule has 0 saturated carbocycles. The van der Waals surface area contributed by atoms with E-state index in [0.29, 0.717) is 4.47 Å². The Bertz CT molecular complexity index is 200. The third-order valence-corrected chi connectivity index (χ3v) is 2.17. The van der Waals surface area contributed by atoms with E-state index in [4.69, 9.17) is 0 Å². The zero-order chi connectivity index (χ0) is 6.85. The molecule has 0 bridgehead atoms. The smallest absolute Gasteiger partial charge is 0.193 e. The van der Waals surface area contributed by atoms with E-state index in [1.54, 1.807) is 6.07 Å². The molecule has 1 aromatic rings. The summed E-state index contributed by atoms with van der Waals surface area (Å²) in [5.74, 6) is 0.0509. The lowest BCUT2D eigenvalue weighted by Gasteiger charge is -1.94. The lowest BCUT2D eigenvalue weighted by atomic mass is 10.2. The average Bonchev–Trinajstić information content (AvgIpc) is 1.83. The van der Waals surface area contributed by atoms with Gasteiger partial charge in [0, 0.05) is 0 Å². The standard InChI is InChI=1S/C7H6BrO/c1-5-3-2-4-6(9)7(5)8/h2-4H,1H3. The summed E-state index contributed by atoms with van der Waals surface area (Å²) in [6, 6.07) is 5.19. The first-order valence-electron chi connectivity index (χ1n) is 2.64. The van der Waals surface area contributed by atoms with Gasteiger partial charge in [-0.2, -0.15) is 0 Å². The van der Waals surface area contributed by atoms with E-state index in [0.717, 1.165) is 5.56 Å². The summed E-state index contributed by atoms with van der Waals surface area (Å²) in [6.45, 7) is 1.89. The van der Waals surface area contributed by atoms with Crippen molar-refractivity contribution in [3.05, 3.63) is 28.2 Å². The zero-order valence-corrected chi connectivity index (χ0v) is 6.60. The third kappa shape index (κ3) is 1.24. The number of hydrogen-bond acceptors (Lipinski definition) is 0.